The molecule has 15 heavy (non-hydrogen) atoms. The Balaban J connectivity index is 2.99. The Bertz CT molecular complexity index is 411. The molecule has 1 aromatic rings. The Morgan fingerprint density at radius 1 is 1.27 bits per heavy atom. The van der Waals surface area contributed by atoms with Gasteiger partial charge in [0, 0.05) is 14.1 Å². The number of hydrogen-bond donors (Lipinski definition) is 1. The molecule has 1 aromatic carbocycles. The first-order valence-electron chi connectivity index (χ1n) is 4.31. The molecule has 0 aliphatic carbocycles. The minimum Gasteiger partial charge on any atom is -0.300 e. The summed E-state index contributed by atoms with van der Waals surface area (Å²) < 4.78 is 24.5. The van der Waals surface area contributed by atoms with Crippen molar-refractivity contribution < 1.29 is 13.3 Å². The van der Waals surface area contributed by atoms with Crippen LogP contribution in [0.15, 0.2) is 29.2 Å². The van der Waals surface area contributed by atoms with Gasteiger partial charge in [0.15, 0.2) is 0 Å². The van der Waals surface area contributed by atoms with E-state index in [9.17, 15) is 8.42 Å². The van der Waals surface area contributed by atoms with Crippen LogP contribution in [-0.2, 0) is 21.5 Å². The summed E-state index contributed by atoms with van der Waals surface area (Å²) in [6, 6.07) is 6.40. The SMILES string of the molecule is CN(C)S(=O)(=O)c1ccc(CON)cc1. The molecule has 0 atom stereocenters. The fourth-order valence-corrected chi connectivity index (χ4v) is 1.97. The van der Waals surface area contributed by atoms with Crippen molar-refractivity contribution >= 4 is 10.0 Å². The van der Waals surface area contributed by atoms with Crippen molar-refractivity contribution in [2.75, 3.05) is 14.1 Å². The van der Waals surface area contributed by atoms with Crippen LogP contribution in [0.5, 0.6) is 0 Å². The van der Waals surface area contributed by atoms with Crippen LogP contribution in [0.25, 0.3) is 0 Å². The van der Waals surface area contributed by atoms with E-state index < -0.39 is 10.0 Å². The highest BCUT2D eigenvalue weighted by molar-refractivity contribution is 7.89. The Kier molecular flexibility index (Phi) is 3.81. The van der Waals surface area contributed by atoms with Crippen LogP contribution in [0.1, 0.15) is 5.56 Å². The molecular weight excluding hydrogens is 216 g/mol. The summed E-state index contributed by atoms with van der Waals surface area (Å²) >= 11 is 0. The van der Waals surface area contributed by atoms with Crippen LogP contribution in [0, 0.1) is 0 Å². The summed E-state index contributed by atoms with van der Waals surface area (Å²) in [4.78, 5) is 4.70. The van der Waals surface area contributed by atoms with Gasteiger partial charge in [-0.25, -0.2) is 18.6 Å². The van der Waals surface area contributed by atoms with Gasteiger partial charge >= 0.3 is 0 Å². The molecule has 84 valence electrons. The van der Waals surface area contributed by atoms with Gasteiger partial charge in [0.05, 0.1) is 11.5 Å². The molecule has 0 aliphatic heterocycles. The van der Waals surface area contributed by atoms with Gasteiger partial charge in [0.1, 0.15) is 0 Å². The summed E-state index contributed by atoms with van der Waals surface area (Å²) in [5, 5.41) is 0. The molecule has 0 aliphatic rings. The second-order valence-corrected chi connectivity index (χ2v) is 5.39. The van der Waals surface area contributed by atoms with Crippen LogP contribution in [-0.4, -0.2) is 26.8 Å². The van der Waals surface area contributed by atoms with Gasteiger partial charge in [-0.3, -0.25) is 4.84 Å². The highest BCUT2D eigenvalue weighted by Crippen LogP contribution is 2.13. The van der Waals surface area contributed by atoms with Crippen LogP contribution in [0.2, 0.25) is 0 Å². The second-order valence-electron chi connectivity index (χ2n) is 3.24. The van der Waals surface area contributed by atoms with Gasteiger partial charge in [-0.15, -0.1) is 0 Å². The minimum absolute atomic E-state index is 0.258. The molecule has 2 N–H and O–H groups in total. The van der Waals surface area contributed by atoms with Crippen molar-refractivity contribution in [3.05, 3.63) is 29.8 Å². The van der Waals surface area contributed by atoms with Crippen LogP contribution < -0.4 is 5.90 Å². The fraction of sp³-hybridized carbons (Fsp3) is 0.333. The molecule has 6 heteroatoms. The second kappa shape index (κ2) is 4.71. The maximum Gasteiger partial charge on any atom is 0.242 e. The molecule has 0 heterocycles. The van der Waals surface area contributed by atoms with Gasteiger partial charge in [0.2, 0.25) is 10.0 Å². The van der Waals surface area contributed by atoms with Crippen molar-refractivity contribution in [1.29, 1.82) is 0 Å². The fourth-order valence-electron chi connectivity index (χ4n) is 1.06. The highest BCUT2D eigenvalue weighted by Gasteiger charge is 2.16. The molecular formula is C9H14N2O3S. The van der Waals surface area contributed by atoms with Crippen molar-refractivity contribution in [2.45, 2.75) is 11.5 Å². The van der Waals surface area contributed by atoms with Gasteiger partial charge in [0.25, 0.3) is 0 Å². The molecule has 0 fully saturated rings. The van der Waals surface area contributed by atoms with E-state index >= 15 is 0 Å². The van der Waals surface area contributed by atoms with E-state index in [0.717, 1.165) is 5.56 Å². The molecule has 0 aromatic heterocycles. The zero-order valence-electron chi connectivity index (χ0n) is 8.67. The number of hydrogen-bond acceptors (Lipinski definition) is 4. The Labute approximate surface area is 89.5 Å². The topological polar surface area (TPSA) is 72.6 Å². The van der Waals surface area contributed by atoms with E-state index in [1.807, 2.05) is 0 Å². The number of sulfonamides is 1. The lowest BCUT2D eigenvalue weighted by molar-refractivity contribution is 0.124. The van der Waals surface area contributed by atoms with Gasteiger partial charge in [-0.05, 0) is 17.7 Å². The number of nitrogens with two attached hydrogens (primary N) is 1. The summed E-state index contributed by atoms with van der Waals surface area (Å²) in [6.45, 7) is 0.266. The van der Waals surface area contributed by atoms with Gasteiger partial charge < -0.3 is 0 Å². The number of nitrogens with zero attached hydrogens (tertiary/aromatic N) is 1. The largest absolute Gasteiger partial charge is 0.300 e. The summed E-state index contributed by atoms with van der Waals surface area (Å²) in [5.41, 5.74) is 0.829. The third kappa shape index (κ3) is 2.75. The van der Waals surface area contributed by atoms with Gasteiger partial charge in [-0.1, -0.05) is 12.1 Å². The minimum atomic E-state index is -3.35. The van der Waals surface area contributed by atoms with Crippen molar-refractivity contribution in [1.82, 2.24) is 4.31 Å². The lowest BCUT2D eigenvalue weighted by Crippen LogP contribution is -2.22. The lowest BCUT2D eigenvalue weighted by atomic mass is 10.2. The van der Waals surface area contributed by atoms with E-state index in [2.05, 4.69) is 4.84 Å². The molecule has 0 spiro atoms. The Morgan fingerprint density at radius 2 is 1.80 bits per heavy atom. The van der Waals surface area contributed by atoms with Crippen LogP contribution >= 0.6 is 0 Å². The standard InChI is InChI=1S/C9H14N2O3S/c1-11(2)15(12,13)9-5-3-8(4-6-9)7-14-10/h3-6H,7,10H2,1-2H3. The summed E-state index contributed by atoms with van der Waals surface area (Å²) in [6.07, 6.45) is 0. The number of rotatable bonds is 4. The molecule has 1 rings (SSSR count). The highest BCUT2D eigenvalue weighted by atomic mass is 32.2. The normalized spacial score (nSPS) is 12.0. The first-order valence-corrected chi connectivity index (χ1v) is 5.75. The molecule has 0 saturated heterocycles. The maximum absolute atomic E-state index is 11.7. The first-order chi connectivity index (χ1) is 6.98. The quantitative estimate of drug-likeness (QED) is 0.756. The van der Waals surface area contributed by atoms with Crippen molar-refractivity contribution in [3.8, 4) is 0 Å². The monoisotopic (exact) mass is 230 g/mol. The van der Waals surface area contributed by atoms with E-state index in [1.165, 1.54) is 30.5 Å². The van der Waals surface area contributed by atoms with E-state index in [4.69, 9.17) is 5.90 Å². The van der Waals surface area contributed by atoms with E-state index in [1.54, 1.807) is 12.1 Å². The predicted octanol–water partition coefficient (Wildman–Crippen LogP) is 0.327. The van der Waals surface area contributed by atoms with Crippen molar-refractivity contribution in [3.63, 3.8) is 0 Å². The van der Waals surface area contributed by atoms with Crippen LogP contribution in [0.4, 0.5) is 0 Å². The zero-order valence-corrected chi connectivity index (χ0v) is 9.49. The maximum atomic E-state index is 11.7. The summed E-state index contributed by atoms with van der Waals surface area (Å²) in [5.74, 6) is 4.91. The predicted molar refractivity (Wildman–Crippen MR) is 56.3 cm³/mol. The zero-order chi connectivity index (χ0) is 11.5. The molecule has 0 bridgehead atoms. The first kappa shape index (κ1) is 12.1. The molecule has 5 nitrogen and oxygen atoms in total. The van der Waals surface area contributed by atoms with Crippen LogP contribution in [0.3, 0.4) is 0 Å². The van der Waals surface area contributed by atoms with E-state index in [0.29, 0.717) is 0 Å². The summed E-state index contributed by atoms with van der Waals surface area (Å²) in [7, 11) is -0.363. The smallest absolute Gasteiger partial charge is 0.242 e. The van der Waals surface area contributed by atoms with Gasteiger partial charge in [-0.2, -0.15) is 0 Å². The molecule has 0 radical (unpaired) electrons. The Morgan fingerprint density at radius 3 is 2.20 bits per heavy atom. The average molecular weight is 230 g/mol. The Hall–Kier alpha value is -0.950. The number of benzene rings is 1. The van der Waals surface area contributed by atoms with E-state index in [-0.39, 0.29) is 11.5 Å². The third-order valence-corrected chi connectivity index (χ3v) is 3.78. The third-order valence-electron chi connectivity index (χ3n) is 1.95. The van der Waals surface area contributed by atoms with Crippen molar-refractivity contribution in [2.24, 2.45) is 5.90 Å². The average Bonchev–Trinajstić information content (AvgIpc) is 2.19. The molecule has 0 amide bonds. The molecule has 0 saturated carbocycles. The lowest BCUT2D eigenvalue weighted by Gasteiger charge is -2.11. The molecule has 0 unspecified atom stereocenters.